The van der Waals surface area contributed by atoms with Crippen molar-refractivity contribution in [1.82, 2.24) is 4.98 Å². The first-order valence-corrected chi connectivity index (χ1v) is 9.84. The number of benzene rings is 3. The average Bonchev–Trinajstić information content (AvgIpc) is 3.15. The smallest absolute Gasteiger partial charge is 0.258 e. The van der Waals surface area contributed by atoms with Crippen LogP contribution in [-0.4, -0.2) is 10.9 Å². The summed E-state index contributed by atoms with van der Waals surface area (Å²) in [6.07, 6.45) is 0. The third-order valence-electron chi connectivity index (χ3n) is 4.51. The fourth-order valence-corrected chi connectivity index (χ4v) is 3.92. The number of carbonyl (C=O) groups excluding carboxylic acids is 1. The van der Waals surface area contributed by atoms with Gasteiger partial charge in [0.1, 0.15) is 5.01 Å². The molecule has 1 aromatic heterocycles. The number of amides is 1. The second kappa shape index (κ2) is 8.12. The van der Waals surface area contributed by atoms with Gasteiger partial charge in [-0.3, -0.25) is 4.79 Å². The molecule has 0 atom stereocenters. The number of thiazole rings is 1. The van der Waals surface area contributed by atoms with Gasteiger partial charge in [-0.25, -0.2) is 18.2 Å². The summed E-state index contributed by atoms with van der Waals surface area (Å²) in [6, 6.07) is 18.3. The molecule has 0 aliphatic carbocycles. The molecule has 7 heteroatoms. The predicted octanol–water partition coefficient (Wildman–Crippen LogP) is 6.46. The Morgan fingerprint density at radius 2 is 1.57 bits per heavy atom. The summed E-state index contributed by atoms with van der Waals surface area (Å²) >= 11 is 1.59. The number of hydrogen-bond donors (Lipinski definition) is 1. The Morgan fingerprint density at radius 3 is 2.27 bits per heavy atom. The van der Waals surface area contributed by atoms with Crippen molar-refractivity contribution in [2.45, 2.75) is 6.92 Å². The van der Waals surface area contributed by atoms with Crippen molar-refractivity contribution in [3.8, 4) is 21.8 Å². The van der Waals surface area contributed by atoms with Gasteiger partial charge >= 0.3 is 0 Å². The van der Waals surface area contributed by atoms with Crippen LogP contribution in [0.4, 0.5) is 18.9 Å². The van der Waals surface area contributed by atoms with Gasteiger partial charge in [-0.15, -0.1) is 11.3 Å². The Kier molecular flexibility index (Phi) is 5.37. The van der Waals surface area contributed by atoms with Crippen LogP contribution in [0.2, 0.25) is 0 Å². The molecule has 0 bridgehead atoms. The summed E-state index contributed by atoms with van der Waals surface area (Å²) in [5.41, 5.74) is 2.56. The Labute approximate surface area is 174 Å². The molecule has 0 aliphatic rings. The van der Waals surface area contributed by atoms with Crippen molar-refractivity contribution in [2.24, 2.45) is 0 Å². The molecular weight excluding hydrogens is 409 g/mol. The van der Waals surface area contributed by atoms with Crippen LogP contribution >= 0.6 is 11.3 Å². The molecule has 30 heavy (non-hydrogen) atoms. The van der Waals surface area contributed by atoms with Crippen LogP contribution in [0.3, 0.4) is 0 Å². The van der Waals surface area contributed by atoms with E-state index in [4.69, 9.17) is 4.98 Å². The summed E-state index contributed by atoms with van der Waals surface area (Å²) in [4.78, 5) is 18.0. The third-order valence-corrected chi connectivity index (χ3v) is 5.53. The van der Waals surface area contributed by atoms with Crippen molar-refractivity contribution in [3.05, 3.63) is 94.6 Å². The van der Waals surface area contributed by atoms with Gasteiger partial charge < -0.3 is 5.32 Å². The van der Waals surface area contributed by atoms with Crippen LogP contribution in [0.15, 0.2) is 66.7 Å². The van der Waals surface area contributed by atoms with E-state index < -0.39 is 28.9 Å². The fraction of sp³-hybridized carbons (Fsp3) is 0.0435. The number of nitrogens with zero attached hydrogens (tertiary/aromatic N) is 1. The van der Waals surface area contributed by atoms with Crippen LogP contribution in [0.1, 0.15) is 15.2 Å². The molecule has 4 rings (SSSR count). The molecule has 0 fully saturated rings. The van der Waals surface area contributed by atoms with Gasteiger partial charge in [-0.05, 0) is 31.2 Å². The molecular formula is C23H15F3N2OS. The lowest BCUT2D eigenvalue weighted by molar-refractivity contribution is 0.102. The minimum atomic E-state index is -1.67. The van der Waals surface area contributed by atoms with Gasteiger partial charge in [0.15, 0.2) is 17.5 Å². The Balaban J connectivity index is 1.55. The SMILES string of the molecule is Cc1sc(-c2ccccc2)nc1-c1ccc(NC(=O)c2ccc(F)c(F)c2F)cc1. The number of aromatic nitrogens is 1. The van der Waals surface area contributed by atoms with Crippen LogP contribution in [0.25, 0.3) is 21.8 Å². The molecule has 0 saturated heterocycles. The average molecular weight is 424 g/mol. The quantitative estimate of drug-likeness (QED) is 0.382. The second-order valence-corrected chi connectivity index (χ2v) is 7.75. The van der Waals surface area contributed by atoms with E-state index in [9.17, 15) is 18.0 Å². The fourth-order valence-electron chi connectivity index (χ4n) is 2.98. The highest BCUT2D eigenvalue weighted by molar-refractivity contribution is 7.15. The lowest BCUT2D eigenvalue weighted by Gasteiger charge is -2.08. The molecule has 1 heterocycles. The monoisotopic (exact) mass is 424 g/mol. The van der Waals surface area contributed by atoms with Gasteiger partial charge in [0.2, 0.25) is 0 Å². The number of carbonyl (C=O) groups is 1. The summed E-state index contributed by atoms with van der Waals surface area (Å²) in [6.45, 7) is 1.99. The lowest BCUT2D eigenvalue weighted by Crippen LogP contribution is -2.15. The molecule has 0 spiro atoms. The number of halogens is 3. The number of anilines is 1. The summed E-state index contributed by atoms with van der Waals surface area (Å²) in [5, 5.41) is 3.40. The van der Waals surface area contributed by atoms with Crippen molar-refractivity contribution in [2.75, 3.05) is 5.32 Å². The third kappa shape index (κ3) is 3.84. The predicted molar refractivity (Wildman–Crippen MR) is 112 cm³/mol. The molecule has 4 aromatic rings. The highest BCUT2D eigenvalue weighted by atomic mass is 32.1. The van der Waals surface area contributed by atoms with E-state index in [2.05, 4.69) is 5.32 Å². The van der Waals surface area contributed by atoms with Crippen molar-refractivity contribution in [3.63, 3.8) is 0 Å². The molecule has 0 saturated carbocycles. The van der Waals surface area contributed by atoms with Gasteiger partial charge in [0.25, 0.3) is 5.91 Å². The molecule has 0 unspecified atom stereocenters. The molecule has 1 amide bonds. The highest BCUT2D eigenvalue weighted by Gasteiger charge is 2.19. The number of hydrogen-bond acceptors (Lipinski definition) is 3. The van der Waals surface area contributed by atoms with Crippen molar-refractivity contribution >= 4 is 22.9 Å². The van der Waals surface area contributed by atoms with E-state index in [1.54, 1.807) is 35.6 Å². The zero-order chi connectivity index (χ0) is 21.3. The first kappa shape index (κ1) is 19.8. The van der Waals surface area contributed by atoms with E-state index in [1.807, 2.05) is 37.3 Å². The maximum Gasteiger partial charge on any atom is 0.258 e. The largest absolute Gasteiger partial charge is 0.322 e. The van der Waals surface area contributed by atoms with Crippen molar-refractivity contribution in [1.29, 1.82) is 0 Å². The van der Waals surface area contributed by atoms with Gasteiger partial charge in [0, 0.05) is 21.7 Å². The first-order chi connectivity index (χ1) is 14.4. The molecule has 3 nitrogen and oxygen atoms in total. The molecule has 0 aliphatic heterocycles. The Bertz CT molecular complexity index is 1220. The Morgan fingerprint density at radius 1 is 0.867 bits per heavy atom. The molecule has 150 valence electrons. The highest BCUT2D eigenvalue weighted by Crippen LogP contribution is 2.33. The number of rotatable bonds is 4. The molecule has 1 N–H and O–H groups in total. The Hall–Kier alpha value is -3.45. The van der Waals surface area contributed by atoms with Crippen LogP contribution < -0.4 is 5.32 Å². The van der Waals surface area contributed by atoms with E-state index in [-0.39, 0.29) is 0 Å². The van der Waals surface area contributed by atoms with Gasteiger partial charge in [-0.1, -0.05) is 42.5 Å². The minimum absolute atomic E-state index is 0.393. The van der Waals surface area contributed by atoms with E-state index in [0.29, 0.717) is 11.8 Å². The summed E-state index contributed by atoms with van der Waals surface area (Å²) in [7, 11) is 0. The standard InChI is InChI=1S/C23H15F3N2OS/c1-13-21(28-23(30-13)15-5-3-2-4-6-15)14-7-9-16(10-8-14)27-22(29)17-11-12-18(24)20(26)19(17)25/h2-12H,1H3,(H,27,29). The first-order valence-electron chi connectivity index (χ1n) is 9.02. The molecule has 3 aromatic carbocycles. The second-order valence-electron chi connectivity index (χ2n) is 6.54. The summed E-state index contributed by atoms with van der Waals surface area (Å²) < 4.78 is 40.2. The van der Waals surface area contributed by atoms with Crippen LogP contribution in [0.5, 0.6) is 0 Å². The van der Waals surface area contributed by atoms with E-state index >= 15 is 0 Å². The number of aryl methyl sites for hydroxylation is 1. The van der Waals surface area contributed by atoms with Gasteiger partial charge in [-0.2, -0.15) is 0 Å². The van der Waals surface area contributed by atoms with E-state index in [0.717, 1.165) is 32.8 Å². The maximum atomic E-state index is 13.8. The van der Waals surface area contributed by atoms with Gasteiger partial charge in [0.05, 0.1) is 11.3 Å². The van der Waals surface area contributed by atoms with Crippen molar-refractivity contribution < 1.29 is 18.0 Å². The minimum Gasteiger partial charge on any atom is -0.322 e. The lowest BCUT2D eigenvalue weighted by atomic mass is 10.1. The summed E-state index contributed by atoms with van der Waals surface area (Å²) in [5.74, 6) is -5.40. The number of nitrogens with one attached hydrogen (secondary N) is 1. The maximum absolute atomic E-state index is 13.8. The normalized spacial score (nSPS) is 10.8. The zero-order valence-corrected chi connectivity index (χ0v) is 16.6. The topological polar surface area (TPSA) is 42.0 Å². The van der Waals surface area contributed by atoms with Crippen LogP contribution in [0, 0.1) is 24.4 Å². The van der Waals surface area contributed by atoms with E-state index in [1.165, 1.54) is 0 Å². The molecule has 0 radical (unpaired) electrons. The zero-order valence-electron chi connectivity index (χ0n) is 15.7. The van der Waals surface area contributed by atoms with Crippen LogP contribution in [-0.2, 0) is 0 Å².